The summed E-state index contributed by atoms with van der Waals surface area (Å²) in [6, 6.07) is 10.1. The number of thioether (sulfide) groups is 1. The summed E-state index contributed by atoms with van der Waals surface area (Å²) in [6.07, 6.45) is 0. The number of anilines is 1. The lowest BCUT2D eigenvalue weighted by atomic mass is 10.2. The van der Waals surface area contributed by atoms with Crippen molar-refractivity contribution in [3.05, 3.63) is 56.5 Å². The van der Waals surface area contributed by atoms with Crippen molar-refractivity contribution in [1.82, 2.24) is 14.8 Å². The lowest BCUT2D eigenvalue weighted by Crippen LogP contribution is -2.14. The molecule has 0 saturated heterocycles. The van der Waals surface area contributed by atoms with E-state index in [0.29, 0.717) is 43.3 Å². The van der Waals surface area contributed by atoms with Gasteiger partial charge in [-0.05, 0) is 43.3 Å². The van der Waals surface area contributed by atoms with Gasteiger partial charge in [-0.2, -0.15) is 0 Å². The van der Waals surface area contributed by atoms with Gasteiger partial charge in [-0.3, -0.25) is 4.79 Å². The number of hydrogen-bond acceptors (Lipinski definition) is 4. The summed E-state index contributed by atoms with van der Waals surface area (Å²) in [4.78, 5) is 12.3. The highest BCUT2D eigenvalue weighted by molar-refractivity contribution is 7.99. The first-order valence-electron chi connectivity index (χ1n) is 8.14. The van der Waals surface area contributed by atoms with Crippen LogP contribution in [0.1, 0.15) is 6.92 Å². The van der Waals surface area contributed by atoms with Gasteiger partial charge in [0.15, 0.2) is 11.0 Å². The monoisotopic (exact) mass is 474 g/mol. The summed E-state index contributed by atoms with van der Waals surface area (Å²) < 4.78 is 1.91. The maximum Gasteiger partial charge on any atom is 0.234 e. The van der Waals surface area contributed by atoms with Gasteiger partial charge in [0.1, 0.15) is 0 Å². The lowest BCUT2D eigenvalue weighted by Gasteiger charge is -2.09. The number of carbonyl (C=O) groups excluding carboxylic acids is 1. The second-order valence-electron chi connectivity index (χ2n) is 5.67. The lowest BCUT2D eigenvalue weighted by molar-refractivity contribution is -0.113. The van der Waals surface area contributed by atoms with Gasteiger partial charge in [-0.15, -0.1) is 10.2 Å². The van der Waals surface area contributed by atoms with Crippen LogP contribution in [0, 0.1) is 0 Å². The Hall–Kier alpha value is -1.44. The highest BCUT2D eigenvalue weighted by Crippen LogP contribution is 2.30. The zero-order valence-electron chi connectivity index (χ0n) is 14.5. The minimum Gasteiger partial charge on any atom is -0.325 e. The van der Waals surface area contributed by atoms with Gasteiger partial charge < -0.3 is 9.88 Å². The smallest absolute Gasteiger partial charge is 0.234 e. The SMILES string of the molecule is CCn1c(SCC(=O)Nc2cc(Cl)cc(Cl)c2)nnc1-c1ccc(Cl)c(Cl)c1. The van der Waals surface area contributed by atoms with E-state index in [1.165, 1.54) is 11.8 Å². The average molecular weight is 476 g/mol. The number of rotatable bonds is 6. The molecule has 0 spiro atoms. The van der Waals surface area contributed by atoms with E-state index in [2.05, 4.69) is 15.5 Å². The molecule has 3 aromatic rings. The summed E-state index contributed by atoms with van der Waals surface area (Å²) in [5.74, 6) is 0.611. The van der Waals surface area contributed by atoms with Crippen molar-refractivity contribution >= 4 is 69.8 Å². The molecular formula is C18H14Cl4N4OS. The van der Waals surface area contributed by atoms with Crippen LogP contribution in [-0.2, 0) is 11.3 Å². The van der Waals surface area contributed by atoms with Gasteiger partial charge in [0.05, 0.1) is 15.8 Å². The topological polar surface area (TPSA) is 59.8 Å². The van der Waals surface area contributed by atoms with Gasteiger partial charge in [0.2, 0.25) is 5.91 Å². The fourth-order valence-corrected chi connectivity index (χ4v) is 4.11. The van der Waals surface area contributed by atoms with Crippen LogP contribution in [-0.4, -0.2) is 26.4 Å². The quantitative estimate of drug-likeness (QED) is 0.424. The van der Waals surface area contributed by atoms with E-state index in [4.69, 9.17) is 46.4 Å². The van der Waals surface area contributed by atoms with Crippen LogP contribution in [0.2, 0.25) is 20.1 Å². The molecule has 28 heavy (non-hydrogen) atoms. The molecule has 2 aromatic carbocycles. The third-order valence-electron chi connectivity index (χ3n) is 3.69. The van der Waals surface area contributed by atoms with Gasteiger partial charge in [-0.1, -0.05) is 58.2 Å². The van der Waals surface area contributed by atoms with E-state index in [-0.39, 0.29) is 11.7 Å². The molecule has 0 bridgehead atoms. The van der Waals surface area contributed by atoms with Crippen LogP contribution in [0.3, 0.4) is 0 Å². The van der Waals surface area contributed by atoms with Crippen LogP contribution in [0.5, 0.6) is 0 Å². The Bertz CT molecular complexity index is 1000. The molecule has 146 valence electrons. The maximum atomic E-state index is 12.3. The van der Waals surface area contributed by atoms with E-state index < -0.39 is 0 Å². The summed E-state index contributed by atoms with van der Waals surface area (Å²) in [5, 5.41) is 13.6. The molecule has 5 nitrogen and oxygen atoms in total. The number of nitrogens with zero attached hydrogens (tertiary/aromatic N) is 3. The first kappa shape index (κ1) is 21.3. The molecule has 1 amide bonds. The molecule has 0 unspecified atom stereocenters. The van der Waals surface area contributed by atoms with Crippen molar-refractivity contribution < 1.29 is 4.79 Å². The molecule has 0 aliphatic rings. The van der Waals surface area contributed by atoms with E-state index in [1.54, 1.807) is 30.3 Å². The molecule has 0 fully saturated rings. The summed E-state index contributed by atoms with van der Waals surface area (Å²) in [7, 11) is 0. The molecular weight excluding hydrogens is 462 g/mol. The molecule has 1 aromatic heterocycles. The highest BCUT2D eigenvalue weighted by Gasteiger charge is 2.15. The molecule has 10 heteroatoms. The Morgan fingerprint density at radius 3 is 2.39 bits per heavy atom. The zero-order valence-corrected chi connectivity index (χ0v) is 18.4. The van der Waals surface area contributed by atoms with Crippen molar-refractivity contribution in [1.29, 1.82) is 0 Å². The Kier molecular flexibility index (Phi) is 7.12. The molecule has 0 radical (unpaired) electrons. The standard InChI is InChI=1S/C18H14Cl4N4OS/c1-2-26-17(10-3-4-14(21)15(22)5-10)24-25-18(26)28-9-16(27)23-13-7-11(19)6-12(20)8-13/h3-8H,2,9H2,1H3,(H,23,27). The molecule has 0 saturated carbocycles. The Morgan fingerprint density at radius 2 is 1.75 bits per heavy atom. The summed E-state index contributed by atoms with van der Waals surface area (Å²) in [5.41, 5.74) is 1.34. The highest BCUT2D eigenvalue weighted by atomic mass is 35.5. The molecule has 0 atom stereocenters. The van der Waals surface area contributed by atoms with Gasteiger partial charge in [0.25, 0.3) is 0 Å². The second kappa shape index (κ2) is 9.37. The number of hydrogen-bond donors (Lipinski definition) is 1. The van der Waals surface area contributed by atoms with Crippen LogP contribution in [0.4, 0.5) is 5.69 Å². The third-order valence-corrected chi connectivity index (χ3v) is 5.83. The van der Waals surface area contributed by atoms with Crippen molar-refractivity contribution in [3.8, 4) is 11.4 Å². The number of halogens is 4. The average Bonchev–Trinajstić information content (AvgIpc) is 3.04. The minimum absolute atomic E-state index is 0.156. The molecule has 1 N–H and O–H groups in total. The van der Waals surface area contributed by atoms with Gasteiger partial charge in [-0.25, -0.2) is 0 Å². The van der Waals surface area contributed by atoms with Crippen LogP contribution >= 0.6 is 58.2 Å². The predicted octanol–water partition coefficient (Wildman–Crippen LogP) is 6.31. The zero-order chi connectivity index (χ0) is 20.3. The third kappa shape index (κ3) is 5.13. The van der Waals surface area contributed by atoms with Crippen molar-refractivity contribution in [2.45, 2.75) is 18.6 Å². The predicted molar refractivity (Wildman–Crippen MR) is 117 cm³/mol. The number of aromatic nitrogens is 3. The summed E-state index contributed by atoms with van der Waals surface area (Å²) >= 11 is 25.3. The number of carbonyl (C=O) groups is 1. The Morgan fingerprint density at radius 1 is 1.04 bits per heavy atom. The van der Waals surface area contributed by atoms with Gasteiger partial charge >= 0.3 is 0 Å². The minimum atomic E-state index is -0.204. The van der Waals surface area contributed by atoms with E-state index >= 15 is 0 Å². The molecule has 1 heterocycles. The van der Waals surface area contributed by atoms with E-state index in [0.717, 1.165) is 5.56 Å². The number of amides is 1. The fourth-order valence-electron chi connectivity index (χ4n) is 2.48. The van der Waals surface area contributed by atoms with Crippen LogP contribution < -0.4 is 5.32 Å². The van der Waals surface area contributed by atoms with Crippen molar-refractivity contribution in [3.63, 3.8) is 0 Å². The normalized spacial score (nSPS) is 10.9. The van der Waals surface area contributed by atoms with Crippen LogP contribution in [0.15, 0.2) is 41.6 Å². The first-order valence-corrected chi connectivity index (χ1v) is 10.6. The number of benzene rings is 2. The second-order valence-corrected chi connectivity index (χ2v) is 8.30. The maximum absolute atomic E-state index is 12.3. The molecule has 0 aliphatic carbocycles. The largest absolute Gasteiger partial charge is 0.325 e. The summed E-state index contributed by atoms with van der Waals surface area (Å²) in [6.45, 7) is 2.61. The molecule has 0 aliphatic heterocycles. The van der Waals surface area contributed by atoms with Crippen LogP contribution in [0.25, 0.3) is 11.4 Å². The van der Waals surface area contributed by atoms with Crippen molar-refractivity contribution in [2.24, 2.45) is 0 Å². The van der Waals surface area contributed by atoms with Crippen molar-refractivity contribution in [2.75, 3.05) is 11.1 Å². The molecule has 3 rings (SSSR count). The fraction of sp³-hybridized carbons (Fsp3) is 0.167. The van der Waals surface area contributed by atoms with E-state index in [1.807, 2.05) is 17.6 Å². The number of nitrogens with one attached hydrogen (secondary N) is 1. The Labute approximate surface area is 186 Å². The Balaban J connectivity index is 1.71. The van der Waals surface area contributed by atoms with E-state index in [9.17, 15) is 4.79 Å². The first-order chi connectivity index (χ1) is 13.4. The van der Waals surface area contributed by atoms with Gasteiger partial charge in [0, 0.05) is 27.8 Å².